The monoisotopic (exact) mass is 411 g/mol. The van der Waals surface area contributed by atoms with Gasteiger partial charge in [-0.1, -0.05) is 6.07 Å². The van der Waals surface area contributed by atoms with Crippen LogP contribution in [0.25, 0.3) is 16.2 Å². The van der Waals surface area contributed by atoms with Crippen molar-refractivity contribution in [1.82, 2.24) is 9.38 Å². The zero-order chi connectivity index (χ0) is 20.4. The van der Waals surface area contributed by atoms with E-state index in [-0.39, 0.29) is 18.3 Å². The van der Waals surface area contributed by atoms with Crippen molar-refractivity contribution in [2.24, 2.45) is 0 Å². The number of thiazole rings is 1. The Morgan fingerprint density at radius 3 is 2.76 bits per heavy atom. The number of nitrogens with one attached hydrogen (secondary N) is 1. The van der Waals surface area contributed by atoms with Crippen LogP contribution in [0.5, 0.6) is 11.5 Å². The molecule has 0 saturated carbocycles. The normalized spacial score (nSPS) is 10.9. The van der Waals surface area contributed by atoms with Gasteiger partial charge in [0, 0.05) is 17.1 Å². The van der Waals surface area contributed by atoms with Crippen molar-refractivity contribution in [3.05, 3.63) is 65.4 Å². The van der Waals surface area contributed by atoms with Crippen LogP contribution in [0.2, 0.25) is 0 Å². The molecule has 2 aromatic carbocycles. The van der Waals surface area contributed by atoms with Gasteiger partial charge in [-0.2, -0.15) is 0 Å². The number of rotatable bonds is 6. The number of carbonyl (C=O) groups is 1. The molecule has 29 heavy (non-hydrogen) atoms. The van der Waals surface area contributed by atoms with E-state index in [9.17, 15) is 9.18 Å². The average molecular weight is 411 g/mol. The molecule has 0 saturated heterocycles. The van der Waals surface area contributed by atoms with E-state index in [0.29, 0.717) is 28.6 Å². The molecule has 0 radical (unpaired) electrons. The van der Waals surface area contributed by atoms with Gasteiger partial charge < -0.3 is 14.8 Å². The minimum atomic E-state index is -0.344. The Kier molecular flexibility index (Phi) is 5.18. The molecule has 8 heteroatoms. The largest absolute Gasteiger partial charge is 0.493 e. The van der Waals surface area contributed by atoms with Gasteiger partial charge in [-0.3, -0.25) is 9.20 Å². The van der Waals surface area contributed by atoms with Crippen molar-refractivity contribution in [1.29, 1.82) is 0 Å². The highest BCUT2D eigenvalue weighted by molar-refractivity contribution is 7.15. The highest BCUT2D eigenvalue weighted by Crippen LogP contribution is 2.31. The fourth-order valence-corrected chi connectivity index (χ4v) is 3.63. The summed E-state index contributed by atoms with van der Waals surface area (Å²) in [6, 6.07) is 11.5. The molecule has 0 unspecified atom stereocenters. The maximum Gasteiger partial charge on any atom is 0.263 e. The highest BCUT2D eigenvalue weighted by Gasteiger charge is 2.18. The smallest absolute Gasteiger partial charge is 0.263 e. The maximum absolute atomic E-state index is 13.3. The number of imidazole rings is 1. The fourth-order valence-electron chi connectivity index (χ4n) is 2.92. The number of nitrogens with zero attached hydrogens (tertiary/aromatic N) is 2. The van der Waals surface area contributed by atoms with Crippen LogP contribution in [-0.2, 0) is 4.79 Å². The SMILES string of the molecule is COc1cc(C)ccc1OCC(=O)Nc1c(-c2ccc(F)cc2)nc2sccn12. The quantitative estimate of drug-likeness (QED) is 0.506. The number of amides is 1. The Labute approximate surface area is 170 Å². The van der Waals surface area contributed by atoms with E-state index in [1.165, 1.54) is 23.5 Å². The summed E-state index contributed by atoms with van der Waals surface area (Å²) < 4.78 is 26.0. The molecule has 0 aliphatic heterocycles. The molecule has 1 amide bonds. The summed E-state index contributed by atoms with van der Waals surface area (Å²) in [5.41, 5.74) is 2.30. The molecule has 0 bridgehead atoms. The minimum Gasteiger partial charge on any atom is -0.493 e. The van der Waals surface area contributed by atoms with Gasteiger partial charge in [0.2, 0.25) is 0 Å². The van der Waals surface area contributed by atoms with Gasteiger partial charge in [-0.25, -0.2) is 9.37 Å². The fraction of sp³-hybridized carbons (Fsp3) is 0.143. The van der Waals surface area contributed by atoms with E-state index in [4.69, 9.17) is 9.47 Å². The lowest BCUT2D eigenvalue weighted by molar-refractivity contribution is -0.118. The number of anilines is 1. The molecule has 6 nitrogen and oxygen atoms in total. The first kappa shape index (κ1) is 18.9. The van der Waals surface area contributed by atoms with Crippen LogP contribution in [0.3, 0.4) is 0 Å². The van der Waals surface area contributed by atoms with Crippen molar-refractivity contribution >= 4 is 28.0 Å². The second-order valence-electron chi connectivity index (χ2n) is 6.36. The van der Waals surface area contributed by atoms with Gasteiger partial charge in [-0.15, -0.1) is 11.3 Å². The standard InChI is InChI=1S/C21H18FN3O3S/c1-13-3-8-16(17(11-13)27-2)28-12-18(26)23-20-19(14-4-6-15(22)7-5-14)24-21-25(20)9-10-29-21/h3-11H,12H2,1-2H3,(H,23,26). The lowest BCUT2D eigenvalue weighted by Gasteiger charge is -2.12. The molecule has 0 fully saturated rings. The molecule has 0 aliphatic rings. The van der Waals surface area contributed by atoms with E-state index in [0.717, 1.165) is 10.5 Å². The van der Waals surface area contributed by atoms with Gasteiger partial charge in [0.1, 0.15) is 17.3 Å². The molecule has 4 rings (SSSR count). The van der Waals surface area contributed by atoms with Gasteiger partial charge in [0.15, 0.2) is 23.1 Å². The van der Waals surface area contributed by atoms with Crippen LogP contribution in [0.4, 0.5) is 10.2 Å². The van der Waals surface area contributed by atoms with Crippen LogP contribution in [0.15, 0.2) is 54.0 Å². The Morgan fingerprint density at radius 1 is 1.21 bits per heavy atom. The first-order chi connectivity index (χ1) is 14.0. The van der Waals surface area contributed by atoms with E-state index >= 15 is 0 Å². The van der Waals surface area contributed by atoms with Crippen molar-refractivity contribution < 1.29 is 18.7 Å². The molecule has 1 N–H and O–H groups in total. The van der Waals surface area contributed by atoms with Gasteiger partial charge in [0.05, 0.1) is 7.11 Å². The van der Waals surface area contributed by atoms with Crippen LogP contribution in [-0.4, -0.2) is 29.0 Å². The van der Waals surface area contributed by atoms with E-state index in [2.05, 4.69) is 10.3 Å². The number of ether oxygens (including phenoxy) is 2. The zero-order valence-electron chi connectivity index (χ0n) is 15.8. The van der Waals surface area contributed by atoms with Gasteiger partial charge in [0.25, 0.3) is 5.91 Å². The molecule has 148 valence electrons. The number of fused-ring (bicyclic) bond motifs is 1. The third-order valence-electron chi connectivity index (χ3n) is 4.32. The molecular formula is C21H18FN3O3S. The second-order valence-corrected chi connectivity index (χ2v) is 7.24. The number of aromatic nitrogens is 2. The summed E-state index contributed by atoms with van der Waals surface area (Å²) in [5, 5.41) is 4.74. The highest BCUT2D eigenvalue weighted by atomic mass is 32.1. The molecule has 0 atom stereocenters. The summed E-state index contributed by atoms with van der Waals surface area (Å²) in [7, 11) is 1.55. The van der Waals surface area contributed by atoms with Crippen molar-refractivity contribution in [2.45, 2.75) is 6.92 Å². The Balaban J connectivity index is 1.56. The summed E-state index contributed by atoms with van der Waals surface area (Å²) in [5.74, 6) is 0.887. The average Bonchev–Trinajstić information content (AvgIpc) is 3.30. The van der Waals surface area contributed by atoms with Crippen molar-refractivity contribution in [3.8, 4) is 22.8 Å². The molecule has 4 aromatic rings. The number of halogens is 1. The predicted molar refractivity (Wildman–Crippen MR) is 110 cm³/mol. The Morgan fingerprint density at radius 2 is 2.00 bits per heavy atom. The molecule has 0 spiro atoms. The number of carbonyl (C=O) groups excluding carboxylic acids is 1. The van der Waals surface area contributed by atoms with E-state index in [1.807, 2.05) is 30.6 Å². The van der Waals surface area contributed by atoms with Crippen molar-refractivity contribution in [2.75, 3.05) is 19.0 Å². The van der Waals surface area contributed by atoms with Crippen LogP contribution in [0, 0.1) is 12.7 Å². The van der Waals surface area contributed by atoms with Crippen LogP contribution in [0.1, 0.15) is 5.56 Å². The third-order valence-corrected chi connectivity index (χ3v) is 5.07. The molecule has 0 aliphatic carbocycles. The van der Waals surface area contributed by atoms with Gasteiger partial charge >= 0.3 is 0 Å². The number of methoxy groups -OCH3 is 1. The first-order valence-corrected chi connectivity index (χ1v) is 9.72. The van der Waals surface area contributed by atoms with Crippen LogP contribution >= 0.6 is 11.3 Å². The topological polar surface area (TPSA) is 64.9 Å². The van der Waals surface area contributed by atoms with Crippen molar-refractivity contribution in [3.63, 3.8) is 0 Å². The summed E-state index contributed by atoms with van der Waals surface area (Å²) >= 11 is 1.44. The number of benzene rings is 2. The Hall–Kier alpha value is -3.39. The third kappa shape index (κ3) is 3.93. The number of aryl methyl sites for hydroxylation is 1. The Bertz CT molecular complexity index is 1170. The van der Waals surface area contributed by atoms with E-state index < -0.39 is 0 Å². The number of hydrogen-bond acceptors (Lipinski definition) is 5. The van der Waals surface area contributed by atoms with Gasteiger partial charge in [-0.05, 0) is 48.9 Å². The number of hydrogen-bond donors (Lipinski definition) is 1. The molecule has 2 aromatic heterocycles. The summed E-state index contributed by atoms with van der Waals surface area (Å²) in [4.78, 5) is 17.9. The minimum absolute atomic E-state index is 0.195. The second kappa shape index (κ2) is 7.92. The summed E-state index contributed by atoms with van der Waals surface area (Å²) in [6.07, 6.45) is 1.82. The van der Waals surface area contributed by atoms with E-state index in [1.54, 1.807) is 29.7 Å². The summed E-state index contributed by atoms with van der Waals surface area (Å²) in [6.45, 7) is 1.75. The zero-order valence-corrected chi connectivity index (χ0v) is 16.6. The molecular weight excluding hydrogens is 393 g/mol. The maximum atomic E-state index is 13.3. The lowest BCUT2D eigenvalue weighted by Crippen LogP contribution is -2.21. The van der Waals surface area contributed by atoms with Crippen LogP contribution < -0.4 is 14.8 Å². The predicted octanol–water partition coefficient (Wildman–Crippen LogP) is 4.54. The molecule has 2 heterocycles. The first-order valence-electron chi connectivity index (χ1n) is 8.84. The lowest BCUT2D eigenvalue weighted by atomic mass is 10.1.